The van der Waals surface area contributed by atoms with Crippen LogP contribution in [0.3, 0.4) is 0 Å². The van der Waals surface area contributed by atoms with E-state index in [4.69, 9.17) is 4.98 Å². The topological polar surface area (TPSA) is 91.2 Å². The molecule has 1 aliphatic carbocycles. The van der Waals surface area contributed by atoms with Crippen LogP contribution in [0.2, 0.25) is 0 Å². The second kappa shape index (κ2) is 8.22. The van der Waals surface area contributed by atoms with E-state index in [-0.39, 0.29) is 18.6 Å². The second-order valence-corrected chi connectivity index (χ2v) is 7.79. The van der Waals surface area contributed by atoms with Crippen LogP contribution in [0.4, 0.5) is 5.95 Å². The van der Waals surface area contributed by atoms with Gasteiger partial charge in [0.15, 0.2) is 0 Å². The highest BCUT2D eigenvalue weighted by Crippen LogP contribution is 2.30. The summed E-state index contributed by atoms with van der Waals surface area (Å²) >= 11 is 0. The first-order valence-corrected chi connectivity index (χ1v) is 10.1. The Morgan fingerprint density at radius 1 is 1.21 bits per heavy atom. The number of aliphatic hydroxyl groups is 1. The monoisotopic (exact) mass is 381 g/mol. The molecule has 0 spiro atoms. The van der Waals surface area contributed by atoms with Crippen molar-refractivity contribution in [2.24, 2.45) is 5.92 Å². The normalized spacial score (nSPS) is 19.9. The van der Waals surface area contributed by atoms with Crippen molar-refractivity contribution < 1.29 is 9.90 Å². The number of carbonyl (C=O) groups is 1. The third-order valence-corrected chi connectivity index (χ3v) is 5.80. The van der Waals surface area contributed by atoms with E-state index < -0.39 is 0 Å². The number of piperidine rings is 1. The molecule has 1 saturated heterocycles. The number of aromatic nitrogens is 3. The van der Waals surface area contributed by atoms with Gasteiger partial charge in [-0.1, -0.05) is 0 Å². The van der Waals surface area contributed by atoms with E-state index in [9.17, 15) is 9.90 Å². The first-order valence-electron chi connectivity index (χ1n) is 10.1. The van der Waals surface area contributed by atoms with Crippen molar-refractivity contribution in [3.8, 4) is 0 Å². The number of pyridine rings is 1. The minimum atomic E-state index is -0.111. The quantitative estimate of drug-likeness (QED) is 0.844. The minimum Gasteiger partial charge on any atom is -0.396 e. The maximum absolute atomic E-state index is 12.6. The molecule has 1 fully saturated rings. The number of fused-ring (bicyclic) bond motifs is 1. The van der Waals surface area contributed by atoms with E-state index in [0.29, 0.717) is 11.5 Å². The number of aliphatic hydroxyl groups excluding tert-OH is 1. The highest BCUT2D eigenvalue weighted by Gasteiger charge is 2.26. The molecule has 148 valence electrons. The van der Waals surface area contributed by atoms with Gasteiger partial charge in [0.25, 0.3) is 5.91 Å². The number of nitrogens with one attached hydrogen (secondary N) is 1. The number of hydrogen-bond acceptors (Lipinski definition) is 6. The molecule has 7 nitrogen and oxygen atoms in total. The molecule has 28 heavy (non-hydrogen) atoms. The minimum absolute atomic E-state index is 0.0632. The lowest BCUT2D eigenvalue weighted by Gasteiger charge is -2.32. The van der Waals surface area contributed by atoms with Gasteiger partial charge in [0.05, 0.1) is 17.3 Å². The molecular formula is C21H27N5O2. The highest BCUT2D eigenvalue weighted by molar-refractivity contribution is 5.94. The molecule has 2 aromatic heterocycles. The summed E-state index contributed by atoms with van der Waals surface area (Å²) in [7, 11) is 0. The van der Waals surface area contributed by atoms with Crippen LogP contribution >= 0.6 is 0 Å². The SMILES string of the molecule is Cc1ccc(C(=O)N[C@H]2CCCc3nc(N4CCC(CO)CC4)ncc32)cn1. The van der Waals surface area contributed by atoms with Crippen LogP contribution in [0, 0.1) is 12.8 Å². The Hall–Kier alpha value is -2.54. The van der Waals surface area contributed by atoms with Crippen LogP contribution in [0.25, 0.3) is 0 Å². The van der Waals surface area contributed by atoms with E-state index in [1.807, 2.05) is 19.2 Å². The molecule has 0 aromatic carbocycles. The fourth-order valence-electron chi connectivity index (χ4n) is 4.00. The van der Waals surface area contributed by atoms with Gasteiger partial charge in [0.2, 0.25) is 5.95 Å². The average molecular weight is 381 g/mol. The van der Waals surface area contributed by atoms with Crippen molar-refractivity contribution in [3.05, 3.63) is 47.0 Å². The van der Waals surface area contributed by atoms with E-state index >= 15 is 0 Å². The summed E-state index contributed by atoms with van der Waals surface area (Å²) in [6.07, 6.45) is 8.24. The first kappa shape index (κ1) is 18.8. The summed E-state index contributed by atoms with van der Waals surface area (Å²) in [6, 6.07) is 3.59. The van der Waals surface area contributed by atoms with Crippen molar-refractivity contribution in [1.82, 2.24) is 20.3 Å². The van der Waals surface area contributed by atoms with E-state index in [1.54, 1.807) is 12.3 Å². The lowest BCUT2D eigenvalue weighted by Crippen LogP contribution is -2.36. The molecule has 0 bridgehead atoms. The maximum atomic E-state index is 12.6. The number of nitrogens with zero attached hydrogens (tertiary/aromatic N) is 4. The smallest absolute Gasteiger partial charge is 0.253 e. The van der Waals surface area contributed by atoms with Gasteiger partial charge >= 0.3 is 0 Å². The number of carbonyl (C=O) groups excluding carboxylic acids is 1. The Bertz CT molecular complexity index is 831. The first-order chi connectivity index (χ1) is 13.6. The number of rotatable bonds is 4. The number of aryl methyl sites for hydroxylation is 2. The summed E-state index contributed by atoms with van der Waals surface area (Å²) in [5.74, 6) is 1.05. The molecule has 0 radical (unpaired) electrons. The zero-order chi connectivity index (χ0) is 19.5. The lowest BCUT2D eigenvalue weighted by molar-refractivity contribution is 0.0932. The maximum Gasteiger partial charge on any atom is 0.253 e. The zero-order valence-corrected chi connectivity index (χ0v) is 16.3. The molecule has 2 aliphatic rings. The largest absolute Gasteiger partial charge is 0.396 e. The molecule has 1 atom stereocenters. The van der Waals surface area contributed by atoms with Gasteiger partial charge in [0.1, 0.15) is 0 Å². The fourth-order valence-corrected chi connectivity index (χ4v) is 4.00. The second-order valence-electron chi connectivity index (χ2n) is 7.79. The molecule has 0 saturated carbocycles. The molecular weight excluding hydrogens is 354 g/mol. The van der Waals surface area contributed by atoms with Crippen LogP contribution in [0.5, 0.6) is 0 Å². The van der Waals surface area contributed by atoms with Crippen LogP contribution in [0.1, 0.15) is 59.0 Å². The van der Waals surface area contributed by atoms with Gasteiger partial charge in [0, 0.05) is 43.3 Å². The van der Waals surface area contributed by atoms with Gasteiger partial charge in [-0.3, -0.25) is 9.78 Å². The summed E-state index contributed by atoms with van der Waals surface area (Å²) in [5.41, 5.74) is 3.52. The van der Waals surface area contributed by atoms with Crippen LogP contribution in [-0.4, -0.2) is 45.7 Å². The number of anilines is 1. The molecule has 0 unspecified atom stereocenters. The highest BCUT2D eigenvalue weighted by atomic mass is 16.3. The van der Waals surface area contributed by atoms with Gasteiger partial charge in [-0.15, -0.1) is 0 Å². The molecule has 2 N–H and O–H groups in total. The predicted octanol–water partition coefficient (Wildman–Crippen LogP) is 2.20. The Kier molecular flexibility index (Phi) is 5.52. The Morgan fingerprint density at radius 3 is 2.75 bits per heavy atom. The van der Waals surface area contributed by atoms with Gasteiger partial charge in [-0.2, -0.15) is 0 Å². The summed E-state index contributed by atoms with van der Waals surface area (Å²) in [5, 5.41) is 12.4. The van der Waals surface area contributed by atoms with Crippen molar-refractivity contribution in [3.63, 3.8) is 0 Å². The van der Waals surface area contributed by atoms with Crippen molar-refractivity contribution in [2.45, 2.75) is 45.1 Å². The molecule has 1 amide bonds. The third kappa shape index (κ3) is 3.99. The Balaban J connectivity index is 1.47. The van der Waals surface area contributed by atoms with E-state index in [2.05, 4.69) is 20.2 Å². The lowest BCUT2D eigenvalue weighted by atomic mass is 9.92. The molecule has 2 aromatic rings. The summed E-state index contributed by atoms with van der Waals surface area (Å²) in [4.78, 5) is 28.4. The molecule has 3 heterocycles. The summed E-state index contributed by atoms with van der Waals surface area (Å²) < 4.78 is 0. The van der Waals surface area contributed by atoms with Crippen LogP contribution in [0.15, 0.2) is 24.5 Å². The van der Waals surface area contributed by atoms with Crippen molar-refractivity contribution >= 4 is 11.9 Å². The Morgan fingerprint density at radius 2 is 2.04 bits per heavy atom. The number of amides is 1. The number of hydrogen-bond donors (Lipinski definition) is 2. The molecule has 4 rings (SSSR count). The average Bonchev–Trinajstić information content (AvgIpc) is 2.74. The zero-order valence-electron chi connectivity index (χ0n) is 16.3. The van der Waals surface area contributed by atoms with Crippen LogP contribution in [-0.2, 0) is 6.42 Å². The molecule has 7 heteroatoms. The van der Waals surface area contributed by atoms with E-state index in [0.717, 1.165) is 68.1 Å². The van der Waals surface area contributed by atoms with E-state index in [1.165, 1.54) is 0 Å². The third-order valence-electron chi connectivity index (χ3n) is 5.80. The predicted molar refractivity (Wildman–Crippen MR) is 106 cm³/mol. The standard InChI is InChI=1S/C21H27N5O2/c1-14-5-6-16(11-22-14)20(28)24-18-3-2-4-19-17(18)12-23-21(25-19)26-9-7-15(13-27)8-10-26/h5-6,11-12,15,18,27H,2-4,7-10,13H2,1H3,(H,24,28)/t18-/m0/s1. The van der Waals surface area contributed by atoms with Crippen LogP contribution < -0.4 is 10.2 Å². The van der Waals surface area contributed by atoms with Gasteiger partial charge < -0.3 is 15.3 Å². The van der Waals surface area contributed by atoms with Crippen molar-refractivity contribution in [1.29, 1.82) is 0 Å². The van der Waals surface area contributed by atoms with Gasteiger partial charge in [-0.05, 0) is 57.1 Å². The fraction of sp³-hybridized carbons (Fsp3) is 0.524. The summed E-state index contributed by atoms with van der Waals surface area (Å²) in [6.45, 7) is 3.92. The Labute approximate surface area is 165 Å². The van der Waals surface area contributed by atoms with Gasteiger partial charge in [-0.25, -0.2) is 9.97 Å². The molecule has 1 aliphatic heterocycles. The van der Waals surface area contributed by atoms with Crippen molar-refractivity contribution in [2.75, 3.05) is 24.6 Å².